The van der Waals surface area contributed by atoms with Gasteiger partial charge in [-0.2, -0.15) is 0 Å². The highest BCUT2D eigenvalue weighted by atomic mass is 32.2. The number of fused-ring (bicyclic) bond motifs is 1. The average molecular weight is 574 g/mol. The largest absolute Gasteiger partial charge is 0.377 e. The molecule has 3 aromatic heterocycles. The van der Waals surface area contributed by atoms with Crippen molar-refractivity contribution in [1.82, 2.24) is 19.7 Å². The summed E-state index contributed by atoms with van der Waals surface area (Å²) in [7, 11) is -3.97. The van der Waals surface area contributed by atoms with Crippen LogP contribution in [0.1, 0.15) is 53.4 Å². The van der Waals surface area contributed by atoms with Crippen LogP contribution in [0.5, 0.6) is 0 Å². The Hall–Kier alpha value is -4.02. The molecule has 2 aromatic carbocycles. The number of nitrogens with zero attached hydrogens (tertiary/aromatic N) is 4. The fourth-order valence-corrected chi connectivity index (χ4v) is 6.31. The van der Waals surface area contributed by atoms with Gasteiger partial charge >= 0.3 is 0 Å². The summed E-state index contributed by atoms with van der Waals surface area (Å²) in [6.07, 6.45) is 0.779. The Morgan fingerprint density at radius 2 is 1.76 bits per heavy atom. The Kier molecular flexibility index (Phi) is 7.97. The first-order chi connectivity index (χ1) is 19.6. The van der Waals surface area contributed by atoms with Crippen LogP contribution in [-0.2, 0) is 34.3 Å². The lowest BCUT2D eigenvalue weighted by Gasteiger charge is -2.17. The topological polar surface area (TPSA) is 112 Å². The minimum Gasteiger partial charge on any atom is -0.377 e. The highest BCUT2D eigenvalue weighted by Gasteiger charge is 2.24. The maximum Gasteiger partial charge on any atom is 0.263 e. The van der Waals surface area contributed by atoms with E-state index in [9.17, 15) is 8.42 Å². The van der Waals surface area contributed by atoms with Crippen LogP contribution < -0.4 is 4.72 Å². The maximum absolute atomic E-state index is 13.6. The van der Waals surface area contributed by atoms with Gasteiger partial charge in [-0.15, -0.1) is 0 Å². The normalized spacial score (nSPS) is 11.9. The van der Waals surface area contributed by atoms with Gasteiger partial charge in [0.2, 0.25) is 0 Å². The average Bonchev–Trinajstić information content (AvgIpc) is 3.46. The molecule has 0 saturated carbocycles. The molecule has 1 N–H and O–H groups in total. The highest BCUT2D eigenvalue weighted by Crippen LogP contribution is 2.33. The van der Waals surface area contributed by atoms with E-state index in [1.807, 2.05) is 38.1 Å². The fourth-order valence-electron chi connectivity index (χ4n) is 5.03. The molecule has 10 heteroatoms. The van der Waals surface area contributed by atoms with Crippen LogP contribution in [0.3, 0.4) is 0 Å². The lowest BCUT2D eigenvalue weighted by atomic mass is 9.97. The molecule has 0 saturated heterocycles. The van der Waals surface area contributed by atoms with Gasteiger partial charge in [-0.1, -0.05) is 48.5 Å². The predicted molar refractivity (Wildman–Crippen MR) is 159 cm³/mol. The number of imidazole rings is 1. The van der Waals surface area contributed by atoms with Crippen molar-refractivity contribution in [3.8, 4) is 11.1 Å². The van der Waals surface area contributed by atoms with Crippen LogP contribution in [0, 0.1) is 27.7 Å². The first-order valence-electron chi connectivity index (χ1n) is 13.7. The SMILES string of the molecule is CCOCc1cc(Cn2c(CC)nc3c(C)cc(C)nc32)ccc1-c1ccccc1S(=O)(=O)Nc1noc(C)c1C. The molecule has 5 rings (SSSR count). The Labute approximate surface area is 240 Å². The molecule has 0 aliphatic rings. The highest BCUT2D eigenvalue weighted by molar-refractivity contribution is 7.92. The number of benzene rings is 2. The molecule has 9 nitrogen and oxygen atoms in total. The Morgan fingerprint density at radius 1 is 0.976 bits per heavy atom. The summed E-state index contributed by atoms with van der Waals surface area (Å²) < 4.78 is 42.9. The van der Waals surface area contributed by atoms with Crippen LogP contribution in [0.2, 0.25) is 0 Å². The van der Waals surface area contributed by atoms with Crippen molar-refractivity contribution in [3.63, 3.8) is 0 Å². The van der Waals surface area contributed by atoms with E-state index in [0.717, 1.165) is 51.4 Å². The molecule has 0 radical (unpaired) electrons. The third-order valence-corrected chi connectivity index (χ3v) is 8.64. The third kappa shape index (κ3) is 5.62. The minimum absolute atomic E-state index is 0.148. The number of aryl methyl sites for hydroxylation is 4. The van der Waals surface area contributed by atoms with Gasteiger partial charge in [0, 0.05) is 29.8 Å². The van der Waals surface area contributed by atoms with Crippen molar-refractivity contribution in [3.05, 3.63) is 88.1 Å². The number of nitrogens with one attached hydrogen (secondary N) is 1. The first-order valence-corrected chi connectivity index (χ1v) is 15.2. The quantitative estimate of drug-likeness (QED) is 0.210. The van der Waals surface area contributed by atoms with Crippen molar-refractivity contribution in [2.45, 2.75) is 66.0 Å². The lowest BCUT2D eigenvalue weighted by Crippen LogP contribution is -2.15. The van der Waals surface area contributed by atoms with Crippen LogP contribution in [0.15, 0.2) is 57.9 Å². The Morgan fingerprint density at radius 3 is 2.46 bits per heavy atom. The second-order valence-electron chi connectivity index (χ2n) is 10.2. The molecule has 5 aromatic rings. The van der Waals surface area contributed by atoms with Crippen LogP contribution in [0.25, 0.3) is 22.3 Å². The van der Waals surface area contributed by atoms with Gasteiger partial charge in [-0.3, -0.25) is 4.72 Å². The van der Waals surface area contributed by atoms with Crippen molar-refractivity contribution in [1.29, 1.82) is 0 Å². The molecule has 214 valence electrons. The summed E-state index contributed by atoms with van der Waals surface area (Å²) in [6.45, 7) is 13.1. The van der Waals surface area contributed by atoms with E-state index in [2.05, 4.69) is 40.4 Å². The summed E-state index contributed by atoms with van der Waals surface area (Å²) in [4.78, 5) is 9.83. The van der Waals surface area contributed by atoms with Gasteiger partial charge in [0.05, 0.1) is 18.0 Å². The molecule has 3 heterocycles. The number of sulfonamides is 1. The van der Waals surface area contributed by atoms with E-state index in [1.54, 1.807) is 26.0 Å². The van der Waals surface area contributed by atoms with E-state index in [4.69, 9.17) is 19.2 Å². The minimum atomic E-state index is -3.97. The second-order valence-corrected chi connectivity index (χ2v) is 11.8. The summed E-state index contributed by atoms with van der Waals surface area (Å²) in [5.41, 5.74) is 7.80. The fraction of sp³-hybridized carbons (Fsp3) is 0.323. The molecular weight excluding hydrogens is 538 g/mol. The summed E-state index contributed by atoms with van der Waals surface area (Å²) >= 11 is 0. The van der Waals surface area contributed by atoms with Gasteiger partial charge in [-0.05, 0) is 69.0 Å². The first kappa shape index (κ1) is 28.5. The predicted octanol–water partition coefficient (Wildman–Crippen LogP) is 6.27. The number of hydrogen-bond donors (Lipinski definition) is 1. The molecule has 0 amide bonds. The van der Waals surface area contributed by atoms with E-state index in [-0.39, 0.29) is 10.7 Å². The number of hydrogen-bond acceptors (Lipinski definition) is 7. The van der Waals surface area contributed by atoms with Gasteiger partial charge in [0.1, 0.15) is 17.1 Å². The molecule has 0 fully saturated rings. The Balaban J connectivity index is 1.57. The molecule has 41 heavy (non-hydrogen) atoms. The lowest BCUT2D eigenvalue weighted by molar-refractivity contribution is 0.134. The van der Waals surface area contributed by atoms with Gasteiger partial charge in [-0.25, -0.2) is 18.4 Å². The van der Waals surface area contributed by atoms with Crippen LogP contribution >= 0.6 is 0 Å². The smallest absolute Gasteiger partial charge is 0.263 e. The number of aromatic nitrogens is 4. The summed E-state index contributed by atoms with van der Waals surface area (Å²) in [6, 6.07) is 15.1. The van der Waals surface area contributed by atoms with Crippen molar-refractivity contribution < 1.29 is 17.7 Å². The van der Waals surface area contributed by atoms with Crippen molar-refractivity contribution in [2.24, 2.45) is 0 Å². The van der Waals surface area contributed by atoms with Crippen LogP contribution in [0.4, 0.5) is 5.82 Å². The van der Waals surface area contributed by atoms with Gasteiger partial charge in [0.15, 0.2) is 11.5 Å². The molecule has 0 spiro atoms. The summed E-state index contributed by atoms with van der Waals surface area (Å²) in [5, 5.41) is 3.88. The molecule has 0 atom stereocenters. The molecule has 0 bridgehead atoms. The molecule has 0 aliphatic carbocycles. The molecular formula is C31H35N5O4S. The monoisotopic (exact) mass is 573 g/mol. The number of rotatable bonds is 10. The third-order valence-electron chi connectivity index (χ3n) is 7.24. The summed E-state index contributed by atoms with van der Waals surface area (Å²) in [5.74, 6) is 1.71. The molecule has 0 aliphatic heterocycles. The second kappa shape index (κ2) is 11.5. The zero-order valence-electron chi connectivity index (χ0n) is 24.3. The number of anilines is 1. The van der Waals surface area contributed by atoms with Gasteiger partial charge in [0.25, 0.3) is 10.0 Å². The van der Waals surface area contributed by atoms with E-state index < -0.39 is 10.0 Å². The van der Waals surface area contributed by atoms with Crippen molar-refractivity contribution in [2.75, 3.05) is 11.3 Å². The standard InChI is InChI=1S/C31H35N5O4S/c1-7-28-33-29-19(3)15-20(4)32-31(29)36(28)17-23-13-14-25(24(16-23)18-39-8-2)26-11-9-10-12-27(26)41(37,38)35-30-21(5)22(6)40-34-30/h9-16H,7-8,17-18H2,1-6H3,(H,34,35). The zero-order valence-corrected chi connectivity index (χ0v) is 25.1. The molecule has 0 unspecified atom stereocenters. The Bertz CT molecular complexity index is 1840. The van der Waals surface area contributed by atoms with E-state index >= 15 is 0 Å². The number of ether oxygens (including phenoxy) is 1. The van der Waals surface area contributed by atoms with E-state index in [1.165, 1.54) is 0 Å². The maximum atomic E-state index is 13.6. The van der Waals surface area contributed by atoms with Gasteiger partial charge < -0.3 is 13.8 Å². The number of pyridine rings is 1. The zero-order chi connectivity index (χ0) is 29.3. The van der Waals surface area contributed by atoms with E-state index in [0.29, 0.717) is 36.6 Å². The van der Waals surface area contributed by atoms with Crippen LogP contribution in [-0.4, -0.2) is 34.7 Å². The van der Waals surface area contributed by atoms with Crippen molar-refractivity contribution >= 4 is 27.0 Å².